The van der Waals surface area contributed by atoms with Crippen LogP contribution in [0.1, 0.15) is 18.2 Å². The van der Waals surface area contributed by atoms with Gasteiger partial charge in [-0.1, -0.05) is 158 Å². The summed E-state index contributed by atoms with van der Waals surface area (Å²) < 4.78 is 15.5. The van der Waals surface area contributed by atoms with Crippen molar-refractivity contribution < 1.29 is 8.83 Å². The first-order chi connectivity index (χ1) is 31.6. The number of nitrogens with zero attached hydrogens (tertiary/aromatic N) is 1. The number of allylic oxidation sites excluding steroid dienone is 1. The third kappa shape index (κ3) is 6.13. The zero-order chi connectivity index (χ0) is 42.7. The van der Waals surface area contributed by atoms with E-state index < -0.39 is 0 Å². The Morgan fingerprint density at radius 2 is 0.906 bits per heavy atom. The van der Waals surface area contributed by atoms with Gasteiger partial charge in [0.05, 0.1) is 11.0 Å². The van der Waals surface area contributed by atoms with Crippen LogP contribution in [0.25, 0.3) is 128 Å². The molecule has 0 unspecified atom stereocenters. The third-order valence-corrected chi connectivity index (χ3v) is 12.7. The van der Waals surface area contributed by atoms with Gasteiger partial charge in [-0.15, -0.1) is 0 Å². The van der Waals surface area contributed by atoms with Crippen LogP contribution >= 0.6 is 0 Å². The van der Waals surface area contributed by atoms with Crippen LogP contribution in [0.2, 0.25) is 0 Å². The van der Waals surface area contributed by atoms with E-state index in [1.54, 1.807) is 6.08 Å². The van der Waals surface area contributed by atoms with Crippen LogP contribution in [0.15, 0.2) is 222 Å². The van der Waals surface area contributed by atoms with Crippen molar-refractivity contribution >= 4 is 66.9 Å². The molecule has 3 heteroatoms. The van der Waals surface area contributed by atoms with Crippen molar-refractivity contribution in [2.75, 3.05) is 0 Å². The molecule has 0 radical (unpaired) electrons. The monoisotopic (exact) mass is 819 g/mol. The van der Waals surface area contributed by atoms with Gasteiger partial charge in [0, 0.05) is 49.3 Å². The molecule has 0 aliphatic heterocycles. The van der Waals surface area contributed by atoms with Gasteiger partial charge in [0.25, 0.3) is 0 Å². The molecule has 3 nitrogen and oxygen atoms in total. The fraction of sp³-hybridized carbons (Fsp3) is 0.0164. The standard InChI is InChI=1S/C61H41NO2/c1-3-15-50-52-23-13-21-48(60(52)63-58(50)4-2)42-28-32-56-54(37-42)55-38-43(49-22-14-24-53-51-20-11-12-25-59(51)64-61(49)53)29-33-57(55)62(56)47-30-26-41(27-31-47)46-35-44(39-16-7-5-8-17-39)34-45(36-46)40-18-9-6-10-19-40/h3-38H,2H2,1H3/b15-3-. The lowest BCUT2D eigenvalue weighted by Gasteiger charge is -2.13. The molecule has 0 amide bonds. The van der Waals surface area contributed by atoms with E-state index in [-0.39, 0.29) is 0 Å². The van der Waals surface area contributed by atoms with Gasteiger partial charge in [-0.3, -0.25) is 0 Å². The van der Waals surface area contributed by atoms with Crippen molar-refractivity contribution in [2.24, 2.45) is 0 Å². The SMILES string of the molecule is C=Cc1oc2c(-c3ccc4c(c3)c3cc(-c5cccc6c5oc5ccccc56)ccc3n4-c3ccc(-c4cc(-c5ccccc5)cc(-c5ccccc5)c4)cc3)cccc2c1/C=C\C. The normalized spacial score (nSPS) is 11.8. The number of fused-ring (bicyclic) bond motifs is 7. The number of furan rings is 2. The highest BCUT2D eigenvalue weighted by atomic mass is 16.3. The van der Waals surface area contributed by atoms with Crippen molar-refractivity contribution in [3.8, 4) is 61.3 Å². The zero-order valence-electron chi connectivity index (χ0n) is 35.3. The van der Waals surface area contributed by atoms with Crippen LogP contribution in [0.4, 0.5) is 0 Å². The summed E-state index contributed by atoms with van der Waals surface area (Å²) in [6.07, 6.45) is 5.94. The van der Waals surface area contributed by atoms with E-state index in [9.17, 15) is 0 Å². The molecule has 0 fully saturated rings. The van der Waals surface area contributed by atoms with Gasteiger partial charge in [-0.25, -0.2) is 0 Å². The van der Waals surface area contributed by atoms with E-state index >= 15 is 0 Å². The maximum absolute atomic E-state index is 6.55. The second-order valence-electron chi connectivity index (χ2n) is 16.4. The summed E-state index contributed by atoms with van der Waals surface area (Å²) in [5.41, 5.74) is 18.4. The zero-order valence-corrected chi connectivity index (χ0v) is 35.3. The first kappa shape index (κ1) is 37.4. The maximum Gasteiger partial charge on any atom is 0.143 e. The number of aromatic nitrogens is 1. The summed E-state index contributed by atoms with van der Waals surface area (Å²) in [7, 11) is 0. The van der Waals surface area contributed by atoms with E-state index in [1.165, 1.54) is 27.8 Å². The van der Waals surface area contributed by atoms with Crippen molar-refractivity contribution in [1.29, 1.82) is 0 Å². The van der Waals surface area contributed by atoms with Crippen molar-refractivity contribution in [3.63, 3.8) is 0 Å². The van der Waals surface area contributed by atoms with Gasteiger partial charge in [0.2, 0.25) is 0 Å². The average molecular weight is 820 g/mol. The summed E-state index contributed by atoms with van der Waals surface area (Å²) >= 11 is 0. The van der Waals surface area contributed by atoms with E-state index in [1.807, 2.05) is 25.1 Å². The van der Waals surface area contributed by atoms with Crippen molar-refractivity contribution in [3.05, 3.63) is 224 Å². The summed E-state index contributed by atoms with van der Waals surface area (Å²) in [4.78, 5) is 0. The molecule has 0 atom stereocenters. The number of hydrogen-bond donors (Lipinski definition) is 0. The molecule has 0 N–H and O–H groups in total. The summed E-state index contributed by atoms with van der Waals surface area (Å²) in [6.45, 7) is 6.09. The Bertz CT molecular complexity index is 3730. The van der Waals surface area contributed by atoms with E-state index in [4.69, 9.17) is 8.83 Å². The minimum absolute atomic E-state index is 0.772. The van der Waals surface area contributed by atoms with Crippen LogP contribution < -0.4 is 0 Å². The number of benzene rings is 9. The lowest BCUT2D eigenvalue weighted by Crippen LogP contribution is -1.94. The molecule has 3 heterocycles. The van der Waals surface area contributed by atoms with E-state index in [2.05, 4.69) is 205 Å². The molecule has 3 aromatic heterocycles. The molecule has 0 bridgehead atoms. The summed E-state index contributed by atoms with van der Waals surface area (Å²) in [5.74, 6) is 0.772. The maximum atomic E-state index is 6.55. The first-order valence-corrected chi connectivity index (χ1v) is 21.8. The van der Waals surface area contributed by atoms with Gasteiger partial charge in [0.1, 0.15) is 22.5 Å². The Kier molecular flexibility index (Phi) is 8.87. The molecule has 12 aromatic rings. The van der Waals surface area contributed by atoms with Crippen molar-refractivity contribution in [1.82, 2.24) is 4.57 Å². The third-order valence-electron chi connectivity index (χ3n) is 12.7. The predicted molar refractivity (Wildman–Crippen MR) is 270 cm³/mol. The molecule has 0 spiro atoms. The largest absolute Gasteiger partial charge is 0.455 e. The van der Waals surface area contributed by atoms with E-state index in [0.717, 1.165) is 99.5 Å². The second kappa shape index (κ2) is 15.2. The fourth-order valence-electron chi connectivity index (χ4n) is 9.68. The van der Waals surface area contributed by atoms with Crippen LogP contribution in [-0.4, -0.2) is 4.57 Å². The Balaban J connectivity index is 1.04. The molecule has 9 aromatic carbocycles. The summed E-state index contributed by atoms with van der Waals surface area (Å²) in [5, 5.41) is 5.62. The Labute approximate surface area is 371 Å². The highest BCUT2D eigenvalue weighted by Gasteiger charge is 2.20. The molecule has 0 aliphatic carbocycles. The molecule has 64 heavy (non-hydrogen) atoms. The van der Waals surface area contributed by atoms with E-state index in [0.29, 0.717) is 0 Å². The second-order valence-corrected chi connectivity index (χ2v) is 16.4. The molecule has 0 aliphatic rings. The lowest BCUT2D eigenvalue weighted by molar-refractivity contribution is 0.604. The topological polar surface area (TPSA) is 31.2 Å². The Morgan fingerprint density at radius 3 is 1.48 bits per heavy atom. The Hall–Kier alpha value is -8.40. The van der Waals surface area contributed by atoms with Crippen molar-refractivity contribution in [2.45, 2.75) is 6.92 Å². The molecule has 0 saturated heterocycles. The van der Waals surface area contributed by atoms with Gasteiger partial charge in [-0.05, 0) is 118 Å². The lowest BCUT2D eigenvalue weighted by atomic mass is 9.93. The number of para-hydroxylation sites is 3. The highest BCUT2D eigenvalue weighted by molar-refractivity contribution is 6.14. The molecule has 12 rings (SSSR count). The first-order valence-electron chi connectivity index (χ1n) is 21.8. The van der Waals surface area contributed by atoms with Crippen LogP contribution in [0.5, 0.6) is 0 Å². The van der Waals surface area contributed by atoms with Crippen LogP contribution in [0, 0.1) is 0 Å². The molecular formula is C61H41NO2. The minimum Gasteiger partial charge on any atom is -0.455 e. The fourth-order valence-corrected chi connectivity index (χ4v) is 9.68. The van der Waals surface area contributed by atoms with Gasteiger partial charge in [0.15, 0.2) is 0 Å². The van der Waals surface area contributed by atoms with Gasteiger partial charge >= 0.3 is 0 Å². The smallest absolute Gasteiger partial charge is 0.143 e. The Morgan fingerprint density at radius 1 is 0.406 bits per heavy atom. The average Bonchev–Trinajstić information content (AvgIpc) is 4.03. The highest BCUT2D eigenvalue weighted by Crippen LogP contribution is 2.43. The summed E-state index contributed by atoms with van der Waals surface area (Å²) in [6, 6.07) is 72.0. The van der Waals surface area contributed by atoms with Gasteiger partial charge in [-0.2, -0.15) is 0 Å². The quantitative estimate of drug-likeness (QED) is 0.153. The molecule has 0 saturated carbocycles. The van der Waals surface area contributed by atoms with Crippen LogP contribution in [-0.2, 0) is 0 Å². The van der Waals surface area contributed by atoms with Gasteiger partial charge < -0.3 is 13.4 Å². The number of hydrogen-bond acceptors (Lipinski definition) is 2. The molecular weight excluding hydrogens is 779 g/mol. The molecule has 302 valence electrons. The van der Waals surface area contributed by atoms with Crippen LogP contribution in [0.3, 0.4) is 0 Å². The number of rotatable bonds is 8. The predicted octanol–water partition coefficient (Wildman–Crippen LogP) is 17.4. The minimum atomic E-state index is 0.772.